The minimum atomic E-state index is -3.05. The first kappa shape index (κ1) is 19.8. The van der Waals surface area contributed by atoms with Gasteiger partial charge in [0.15, 0.2) is 0 Å². The zero-order chi connectivity index (χ0) is 19.9. The van der Waals surface area contributed by atoms with E-state index in [4.69, 9.17) is 4.74 Å². The van der Waals surface area contributed by atoms with Gasteiger partial charge in [-0.3, -0.25) is 9.59 Å². The van der Waals surface area contributed by atoms with E-state index in [-0.39, 0.29) is 34.6 Å². The third-order valence-electron chi connectivity index (χ3n) is 4.28. The van der Waals surface area contributed by atoms with E-state index in [0.29, 0.717) is 13.2 Å². The van der Waals surface area contributed by atoms with Gasteiger partial charge in [-0.2, -0.15) is 8.78 Å². The van der Waals surface area contributed by atoms with Crippen LogP contribution in [0, 0.1) is 0 Å². The van der Waals surface area contributed by atoms with Gasteiger partial charge in [0, 0.05) is 13.2 Å². The predicted molar refractivity (Wildman–Crippen MR) is 98.8 cm³/mol. The molecular weight excluding hydrogens is 370 g/mol. The van der Waals surface area contributed by atoms with Gasteiger partial charge in [0.05, 0.1) is 22.9 Å². The van der Waals surface area contributed by atoms with Crippen LogP contribution in [0.15, 0.2) is 48.5 Å². The quantitative estimate of drug-likeness (QED) is 0.759. The summed E-state index contributed by atoms with van der Waals surface area (Å²) in [5, 5.41) is 5.39. The Morgan fingerprint density at radius 3 is 2.50 bits per heavy atom. The second-order valence-electron chi connectivity index (χ2n) is 6.22. The molecule has 1 aliphatic rings. The van der Waals surface area contributed by atoms with Crippen molar-refractivity contribution in [1.82, 2.24) is 5.32 Å². The van der Waals surface area contributed by atoms with Gasteiger partial charge in [0.25, 0.3) is 11.8 Å². The summed E-state index contributed by atoms with van der Waals surface area (Å²) in [7, 11) is 0. The summed E-state index contributed by atoms with van der Waals surface area (Å²) in [6.07, 6.45) is 1.84. The van der Waals surface area contributed by atoms with E-state index in [2.05, 4.69) is 15.4 Å². The third kappa shape index (κ3) is 5.04. The largest absolute Gasteiger partial charge is 0.434 e. The molecule has 2 amide bonds. The summed E-state index contributed by atoms with van der Waals surface area (Å²) in [5.74, 6) is -1.26. The van der Waals surface area contributed by atoms with Gasteiger partial charge in [0.2, 0.25) is 0 Å². The fourth-order valence-corrected chi connectivity index (χ4v) is 2.94. The molecule has 2 N–H and O–H groups in total. The number of halogens is 2. The maximum Gasteiger partial charge on any atom is 0.387 e. The molecule has 8 heteroatoms. The van der Waals surface area contributed by atoms with E-state index in [0.717, 1.165) is 12.8 Å². The summed E-state index contributed by atoms with van der Waals surface area (Å²) in [4.78, 5) is 25.1. The van der Waals surface area contributed by atoms with Crippen molar-refractivity contribution < 1.29 is 27.8 Å². The number of alkyl halides is 2. The number of nitrogens with one attached hydrogen (secondary N) is 2. The number of rotatable bonds is 7. The second-order valence-corrected chi connectivity index (χ2v) is 6.22. The highest BCUT2D eigenvalue weighted by atomic mass is 19.3. The Labute approximate surface area is 160 Å². The molecule has 0 spiro atoms. The van der Waals surface area contributed by atoms with Gasteiger partial charge in [-0.05, 0) is 37.1 Å². The number of carbonyl (C=O) groups excluding carboxylic acids is 2. The number of amides is 2. The molecule has 1 fully saturated rings. The Hall–Kier alpha value is -3.00. The van der Waals surface area contributed by atoms with Crippen LogP contribution in [0.2, 0.25) is 0 Å². The Bertz CT molecular complexity index is 838. The van der Waals surface area contributed by atoms with E-state index in [9.17, 15) is 18.4 Å². The minimum Gasteiger partial charge on any atom is -0.434 e. The van der Waals surface area contributed by atoms with Crippen molar-refractivity contribution in [3.8, 4) is 5.75 Å². The van der Waals surface area contributed by atoms with Crippen LogP contribution in [0.3, 0.4) is 0 Å². The lowest BCUT2D eigenvalue weighted by atomic mass is 10.1. The molecule has 148 valence electrons. The molecule has 0 bridgehead atoms. The normalized spacial score (nSPS) is 16.0. The highest BCUT2D eigenvalue weighted by Crippen LogP contribution is 2.23. The van der Waals surface area contributed by atoms with Crippen LogP contribution in [0.4, 0.5) is 14.5 Å². The molecule has 2 aromatic carbocycles. The molecule has 1 aliphatic heterocycles. The topological polar surface area (TPSA) is 76.7 Å². The molecule has 1 heterocycles. The van der Waals surface area contributed by atoms with Crippen LogP contribution < -0.4 is 15.4 Å². The number of hydrogen-bond donors (Lipinski definition) is 2. The average Bonchev–Trinajstić information content (AvgIpc) is 3.20. The zero-order valence-electron chi connectivity index (χ0n) is 15.0. The number of hydrogen-bond acceptors (Lipinski definition) is 4. The summed E-state index contributed by atoms with van der Waals surface area (Å²) in [6.45, 7) is -1.98. The van der Waals surface area contributed by atoms with Gasteiger partial charge in [-0.15, -0.1) is 0 Å². The Morgan fingerprint density at radius 2 is 1.79 bits per heavy atom. The number of ether oxygens (including phenoxy) is 2. The number of anilines is 1. The Balaban J connectivity index is 1.72. The van der Waals surface area contributed by atoms with Crippen LogP contribution in [-0.4, -0.2) is 37.7 Å². The molecule has 0 saturated carbocycles. The van der Waals surface area contributed by atoms with Crippen molar-refractivity contribution in [3.05, 3.63) is 59.7 Å². The molecule has 1 unspecified atom stereocenters. The second kappa shape index (κ2) is 9.27. The van der Waals surface area contributed by atoms with Crippen LogP contribution in [0.5, 0.6) is 5.75 Å². The summed E-state index contributed by atoms with van der Waals surface area (Å²) >= 11 is 0. The van der Waals surface area contributed by atoms with Gasteiger partial charge in [-0.1, -0.05) is 24.3 Å². The zero-order valence-corrected chi connectivity index (χ0v) is 15.0. The fraction of sp³-hybridized carbons (Fsp3) is 0.300. The standard InChI is InChI=1S/C20H20F2N2O4/c21-20(22)28-17-10-4-2-8-15(17)19(26)24-16-9-3-1-7-14(16)18(25)23-12-13-6-5-11-27-13/h1-4,7-10,13,20H,5-6,11-12H2,(H,23,25)(H,24,26). The van der Waals surface area contributed by atoms with Crippen molar-refractivity contribution in [1.29, 1.82) is 0 Å². The summed E-state index contributed by atoms with van der Waals surface area (Å²) < 4.78 is 35.0. The van der Waals surface area contributed by atoms with Gasteiger partial charge in [-0.25, -0.2) is 0 Å². The first-order valence-corrected chi connectivity index (χ1v) is 8.88. The molecular formula is C20H20F2N2O4. The van der Waals surface area contributed by atoms with Crippen LogP contribution in [0.25, 0.3) is 0 Å². The number of carbonyl (C=O) groups is 2. The molecule has 1 saturated heterocycles. The van der Waals surface area contributed by atoms with Crippen molar-refractivity contribution >= 4 is 17.5 Å². The van der Waals surface area contributed by atoms with Crippen molar-refractivity contribution in [3.63, 3.8) is 0 Å². The van der Waals surface area contributed by atoms with Gasteiger partial charge >= 0.3 is 6.61 Å². The highest BCUT2D eigenvalue weighted by molar-refractivity contribution is 6.10. The van der Waals surface area contributed by atoms with E-state index in [1.54, 1.807) is 24.3 Å². The molecule has 2 aromatic rings. The van der Waals surface area contributed by atoms with Gasteiger partial charge < -0.3 is 20.1 Å². The Kier molecular flexibility index (Phi) is 6.54. The first-order valence-electron chi connectivity index (χ1n) is 8.88. The number of para-hydroxylation sites is 2. The summed E-state index contributed by atoms with van der Waals surface area (Å²) in [5.41, 5.74) is 0.475. The molecule has 3 rings (SSSR count). The van der Waals surface area contributed by atoms with E-state index < -0.39 is 12.5 Å². The lowest BCUT2D eigenvalue weighted by molar-refractivity contribution is -0.0501. The lowest BCUT2D eigenvalue weighted by Gasteiger charge is -2.15. The molecule has 0 radical (unpaired) electrons. The average molecular weight is 390 g/mol. The maximum atomic E-state index is 12.6. The van der Waals surface area contributed by atoms with Crippen molar-refractivity contribution in [2.75, 3.05) is 18.5 Å². The first-order chi connectivity index (χ1) is 13.5. The van der Waals surface area contributed by atoms with E-state index in [1.165, 1.54) is 24.3 Å². The van der Waals surface area contributed by atoms with Crippen LogP contribution in [-0.2, 0) is 4.74 Å². The minimum absolute atomic E-state index is 0.0101. The van der Waals surface area contributed by atoms with E-state index >= 15 is 0 Å². The summed E-state index contributed by atoms with van der Waals surface area (Å²) in [6, 6.07) is 12.1. The molecule has 28 heavy (non-hydrogen) atoms. The molecule has 0 aliphatic carbocycles. The maximum absolute atomic E-state index is 12.6. The van der Waals surface area contributed by atoms with Crippen LogP contribution in [0.1, 0.15) is 33.6 Å². The van der Waals surface area contributed by atoms with Crippen molar-refractivity contribution in [2.24, 2.45) is 0 Å². The Morgan fingerprint density at radius 1 is 1.07 bits per heavy atom. The molecule has 6 nitrogen and oxygen atoms in total. The van der Waals surface area contributed by atoms with Gasteiger partial charge in [0.1, 0.15) is 5.75 Å². The highest BCUT2D eigenvalue weighted by Gasteiger charge is 2.20. The monoisotopic (exact) mass is 390 g/mol. The predicted octanol–water partition coefficient (Wildman–Crippen LogP) is 3.45. The molecule has 0 aromatic heterocycles. The van der Waals surface area contributed by atoms with E-state index in [1.807, 2.05) is 0 Å². The SMILES string of the molecule is O=C(NCC1CCCO1)c1ccccc1NC(=O)c1ccccc1OC(F)F. The van der Waals surface area contributed by atoms with Crippen molar-refractivity contribution in [2.45, 2.75) is 25.6 Å². The number of benzene rings is 2. The third-order valence-corrected chi connectivity index (χ3v) is 4.28. The smallest absolute Gasteiger partial charge is 0.387 e. The fourth-order valence-electron chi connectivity index (χ4n) is 2.94. The van der Waals surface area contributed by atoms with Crippen LogP contribution >= 0.6 is 0 Å². The molecule has 1 atom stereocenters. The lowest BCUT2D eigenvalue weighted by Crippen LogP contribution is -2.32.